The molecule has 110 valence electrons. The number of hydrogen-bond donors (Lipinski definition) is 0. The molecule has 0 aliphatic heterocycles. The topological polar surface area (TPSA) is 35.5 Å². The minimum Gasteiger partial charge on any atom is -0.493 e. The number of aldehydes is 1. The second-order valence-corrected chi connectivity index (χ2v) is 5.04. The Hall–Kier alpha value is -2.29. The second-order valence-electron chi connectivity index (χ2n) is 5.04. The molecule has 0 N–H and O–H groups in total. The Kier molecular flexibility index (Phi) is 4.99. The predicted octanol–water partition coefficient (Wildman–Crippen LogP) is 3.86. The van der Waals surface area contributed by atoms with Gasteiger partial charge in [0.1, 0.15) is 6.29 Å². The monoisotopic (exact) mass is 284 g/mol. The molecule has 3 nitrogen and oxygen atoms in total. The van der Waals surface area contributed by atoms with Gasteiger partial charge in [-0.2, -0.15) is 0 Å². The minimum absolute atomic E-state index is 0.215. The molecule has 0 spiro atoms. The van der Waals surface area contributed by atoms with Crippen LogP contribution in [0, 0.1) is 0 Å². The van der Waals surface area contributed by atoms with E-state index in [2.05, 4.69) is 19.1 Å². The number of carbonyl (C=O) groups excluding carboxylic acids is 1. The molecule has 0 heterocycles. The molecule has 1 atom stereocenters. The van der Waals surface area contributed by atoms with Crippen molar-refractivity contribution in [2.45, 2.75) is 19.3 Å². The van der Waals surface area contributed by atoms with E-state index in [9.17, 15) is 4.79 Å². The van der Waals surface area contributed by atoms with Crippen LogP contribution in [0.3, 0.4) is 0 Å². The molecule has 3 heteroatoms. The van der Waals surface area contributed by atoms with Crippen molar-refractivity contribution in [1.82, 2.24) is 0 Å². The maximum Gasteiger partial charge on any atom is 0.161 e. The third-order valence-electron chi connectivity index (χ3n) is 3.63. The zero-order valence-corrected chi connectivity index (χ0v) is 12.6. The Labute approximate surface area is 125 Å². The lowest BCUT2D eigenvalue weighted by Crippen LogP contribution is -2.04. The third kappa shape index (κ3) is 3.43. The molecule has 1 unspecified atom stereocenters. The number of carbonyl (C=O) groups is 1. The summed E-state index contributed by atoms with van der Waals surface area (Å²) in [5.41, 5.74) is 2.87. The predicted molar refractivity (Wildman–Crippen MR) is 83.5 cm³/mol. The molecule has 0 amide bonds. The van der Waals surface area contributed by atoms with Crippen LogP contribution >= 0.6 is 0 Å². The van der Waals surface area contributed by atoms with Crippen LogP contribution in [0.1, 0.15) is 34.3 Å². The molecule has 0 aromatic heterocycles. The fourth-order valence-electron chi connectivity index (χ4n) is 2.52. The van der Waals surface area contributed by atoms with E-state index in [0.29, 0.717) is 17.1 Å². The van der Waals surface area contributed by atoms with E-state index in [1.54, 1.807) is 20.3 Å². The van der Waals surface area contributed by atoms with Crippen LogP contribution in [-0.2, 0) is 6.42 Å². The Bertz CT molecular complexity index is 605. The zero-order chi connectivity index (χ0) is 15.2. The van der Waals surface area contributed by atoms with Crippen molar-refractivity contribution in [3.8, 4) is 11.5 Å². The first-order chi connectivity index (χ1) is 10.2. The molecule has 0 saturated carbocycles. The Morgan fingerprint density at radius 3 is 2.24 bits per heavy atom. The zero-order valence-electron chi connectivity index (χ0n) is 12.6. The van der Waals surface area contributed by atoms with Gasteiger partial charge in [-0.25, -0.2) is 0 Å². The van der Waals surface area contributed by atoms with Crippen molar-refractivity contribution in [2.24, 2.45) is 0 Å². The summed E-state index contributed by atoms with van der Waals surface area (Å²) in [5, 5.41) is 0. The van der Waals surface area contributed by atoms with E-state index < -0.39 is 0 Å². The van der Waals surface area contributed by atoms with E-state index in [1.165, 1.54) is 5.56 Å². The van der Waals surface area contributed by atoms with Gasteiger partial charge in [0, 0.05) is 5.56 Å². The van der Waals surface area contributed by atoms with Gasteiger partial charge in [-0.3, -0.25) is 4.79 Å². The van der Waals surface area contributed by atoms with E-state index in [1.807, 2.05) is 24.3 Å². The second kappa shape index (κ2) is 6.93. The first-order valence-electron chi connectivity index (χ1n) is 6.94. The molecular formula is C18H20O3. The van der Waals surface area contributed by atoms with Gasteiger partial charge in [0.15, 0.2) is 11.5 Å². The number of methoxy groups -OCH3 is 2. The van der Waals surface area contributed by atoms with Crippen molar-refractivity contribution in [3.63, 3.8) is 0 Å². The van der Waals surface area contributed by atoms with Gasteiger partial charge in [-0.15, -0.1) is 0 Å². The third-order valence-corrected chi connectivity index (χ3v) is 3.63. The van der Waals surface area contributed by atoms with E-state index >= 15 is 0 Å². The van der Waals surface area contributed by atoms with Crippen molar-refractivity contribution in [2.75, 3.05) is 14.2 Å². The van der Waals surface area contributed by atoms with Gasteiger partial charge in [0.25, 0.3) is 0 Å². The maximum atomic E-state index is 11.4. The largest absolute Gasteiger partial charge is 0.493 e. The summed E-state index contributed by atoms with van der Waals surface area (Å²) in [6, 6.07) is 13.9. The number of hydrogen-bond acceptors (Lipinski definition) is 3. The minimum atomic E-state index is 0.215. The highest BCUT2D eigenvalue weighted by Gasteiger charge is 2.16. The molecule has 2 aromatic rings. The van der Waals surface area contributed by atoms with Gasteiger partial charge < -0.3 is 9.47 Å². The SMILES string of the molecule is COc1cc(C=O)c(C(C)Cc2ccccc2)cc1OC. The Balaban J connectivity index is 2.35. The average Bonchev–Trinajstić information content (AvgIpc) is 2.54. The first-order valence-corrected chi connectivity index (χ1v) is 6.94. The summed E-state index contributed by atoms with van der Waals surface area (Å²) in [5.74, 6) is 1.45. The van der Waals surface area contributed by atoms with Crippen molar-refractivity contribution in [1.29, 1.82) is 0 Å². The molecule has 0 aliphatic carbocycles. The molecule has 0 aliphatic rings. The highest BCUT2D eigenvalue weighted by Crippen LogP contribution is 2.34. The molecule has 0 fully saturated rings. The summed E-state index contributed by atoms with van der Waals surface area (Å²) < 4.78 is 10.6. The summed E-state index contributed by atoms with van der Waals surface area (Å²) in [7, 11) is 3.17. The summed E-state index contributed by atoms with van der Waals surface area (Å²) in [6.45, 7) is 2.11. The van der Waals surface area contributed by atoms with Crippen molar-refractivity contribution >= 4 is 6.29 Å². The van der Waals surface area contributed by atoms with Crippen LogP contribution in [0.2, 0.25) is 0 Å². The summed E-state index contributed by atoms with van der Waals surface area (Å²) in [6.07, 6.45) is 1.75. The van der Waals surface area contributed by atoms with Gasteiger partial charge in [-0.1, -0.05) is 37.3 Å². The molecule has 21 heavy (non-hydrogen) atoms. The van der Waals surface area contributed by atoms with Crippen LogP contribution in [0.5, 0.6) is 11.5 Å². The lowest BCUT2D eigenvalue weighted by molar-refractivity contribution is 0.112. The smallest absolute Gasteiger partial charge is 0.161 e. The molecule has 0 bridgehead atoms. The van der Waals surface area contributed by atoms with E-state index in [-0.39, 0.29) is 5.92 Å². The van der Waals surface area contributed by atoms with E-state index in [0.717, 1.165) is 18.3 Å². The Morgan fingerprint density at radius 1 is 1.05 bits per heavy atom. The number of benzene rings is 2. The van der Waals surface area contributed by atoms with E-state index in [4.69, 9.17) is 9.47 Å². The quantitative estimate of drug-likeness (QED) is 0.756. The fraction of sp³-hybridized carbons (Fsp3) is 0.278. The lowest BCUT2D eigenvalue weighted by Gasteiger charge is -2.17. The van der Waals surface area contributed by atoms with Gasteiger partial charge >= 0.3 is 0 Å². The van der Waals surface area contributed by atoms with Crippen molar-refractivity contribution < 1.29 is 14.3 Å². The van der Waals surface area contributed by atoms with Gasteiger partial charge in [-0.05, 0) is 35.6 Å². The number of ether oxygens (including phenoxy) is 2. The molecular weight excluding hydrogens is 264 g/mol. The Morgan fingerprint density at radius 2 is 1.67 bits per heavy atom. The van der Waals surface area contributed by atoms with Crippen LogP contribution in [0.4, 0.5) is 0 Å². The van der Waals surface area contributed by atoms with Crippen LogP contribution in [-0.4, -0.2) is 20.5 Å². The fourth-order valence-corrected chi connectivity index (χ4v) is 2.52. The molecule has 2 rings (SSSR count). The number of rotatable bonds is 6. The summed E-state index contributed by atoms with van der Waals surface area (Å²) >= 11 is 0. The van der Waals surface area contributed by atoms with Crippen LogP contribution in [0.25, 0.3) is 0 Å². The van der Waals surface area contributed by atoms with Gasteiger partial charge in [0.05, 0.1) is 14.2 Å². The highest BCUT2D eigenvalue weighted by molar-refractivity contribution is 5.79. The molecule has 2 aromatic carbocycles. The maximum absolute atomic E-state index is 11.4. The molecule has 0 saturated heterocycles. The van der Waals surface area contributed by atoms with Crippen LogP contribution in [0.15, 0.2) is 42.5 Å². The van der Waals surface area contributed by atoms with Crippen LogP contribution < -0.4 is 9.47 Å². The highest BCUT2D eigenvalue weighted by atomic mass is 16.5. The molecule has 0 radical (unpaired) electrons. The first kappa shape index (κ1) is 15.1. The standard InChI is InChI=1S/C18H20O3/c1-13(9-14-7-5-4-6-8-14)16-11-18(21-3)17(20-2)10-15(16)12-19/h4-8,10-13H,9H2,1-3H3. The van der Waals surface area contributed by atoms with Gasteiger partial charge in [0.2, 0.25) is 0 Å². The van der Waals surface area contributed by atoms with Crippen molar-refractivity contribution in [3.05, 3.63) is 59.2 Å². The average molecular weight is 284 g/mol. The lowest BCUT2D eigenvalue weighted by atomic mass is 9.90. The summed E-state index contributed by atoms with van der Waals surface area (Å²) in [4.78, 5) is 11.4. The normalized spacial score (nSPS) is 11.8.